The molecule has 0 atom stereocenters. The van der Waals surface area contributed by atoms with Gasteiger partial charge in [-0.25, -0.2) is 0 Å². The van der Waals surface area contributed by atoms with Crippen LogP contribution in [0, 0.1) is 0 Å². The van der Waals surface area contributed by atoms with Gasteiger partial charge in [0.25, 0.3) is 0 Å². The smallest absolute Gasteiger partial charge is 0.159 e. The number of hydrogen-bond donors (Lipinski definition) is 0. The minimum atomic E-state index is -0.0159. The van der Waals surface area contributed by atoms with Gasteiger partial charge >= 0.3 is 0 Å². The normalized spacial score (nSPS) is 7.39. The number of ketones is 1. The molecule has 0 rings (SSSR count). The minimum absolute atomic E-state index is 0.0159. The molecule has 104 valence electrons. The highest BCUT2D eigenvalue weighted by Gasteiger charge is 1.94. The Kier molecular flexibility index (Phi) is 28.4. The summed E-state index contributed by atoms with van der Waals surface area (Å²) < 4.78 is 0. The van der Waals surface area contributed by atoms with Gasteiger partial charge in [0.15, 0.2) is 5.78 Å². The monoisotopic (exact) mass is 255 g/mol. The highest BCUT2D eigenvalue weighted by atomic mass is 16.1. The van der Waals surface area contributed by atoms with E-state index in [0.29, 0.717) is 5.57 Å². The van der Waals surface area contributed by atoms with Gasteiger partial charge in [-0.3, -0.25) is 4.79 Å². The molecule has 0 aliphatic heterocycles. The molecule has 0 aromatic heterocycles. The lowest BCUT2D eigenvalue weighted by atomic mass is 10.2. The number of rotatable bonds is 4. The first-order chi connectivity index (χ1) is 8.45. The van der Waals surface area contributed by atoms with Crippen LogP contribution in [-0.4, -0.2) is 38.4 Å². The van der Waals surface area contributed by atoms with Gasteiger partial charge < -0.3 is 14.5 Å². The molecule has 0 unspecified atom stereocenters. The molecule has 4 nitrogen and oxygen atoms in total. The van der Waals surface area contributed by atoms with Crippen molar-refractivity contribution in [2.45, 2.75) is 20.8 Å². The lowest BCUT2D eigenvalue weighted by molar-refractivity contribution is -0.113. The highest BCUT2D eigenvalue weighted by Crippen LogP contribution is 2.00. The Bertz CT molecular complexity index is 266. The molecule has 0 amide bonds. The summed E-state index contributed by atoms with van der Waals surface area (Å²) in [5.41, 5.74) is 1.34. The maximum Gasteiger partial charge on any atom is 0.159 e. The van der Waals surface area contributed by atoms with Crippen molar-refractivity contribution in [2.75, 3.05) is 14.1 Å². The molecular weight excluding hydrogens is 230 g/mol. The third kappa shape index (κ3) is 19.6. The molecular formula is C14H25NO3. The Morgan fingerprint density at radius 2 is 1.28 bits per heavy atom. The number of allylic oxidation sites excluding steroid dienone is 3. The number of nitrogens with zero attached hydrogens (tertiary/aromatic N) is 1. The van der Waals surface area contributed by atoms with Crippen LogP contribution < -0.4 is 0 Å². The molecule has 0 saturated carbocycles. The van der Waals surface area contributed by atoms with Crippen LogP contribution >= 0.6 is 0 Å². The number of Topliss-reactive ketones (excluding diaryl/α,β-unsaturated/α-hetero) is 1. The molecule has 4 heteroatoms. The highest BCUT2D eigenvalue weighted by molar-refractivity contribution is 5.95. The summed E-state index contributed by atoms with van der Waals surface area (Å²) in [5.74, 6) is -0.0159. The second-order valence-corrected chi connectivity index (χ2v) is 2.80. The molecule has 18 heavy (non-hydrogen) atoms. The van der Waals surface area contributed by atoms with Crippen molar-refractivity contribution in [2.24, 2.45) is 0 Å². The van der Waals surface area contributed by atoms with Crippen LogP contribution in [0.1, 0.15) is 20.8 Å². The molecule has 0 aromatic rings. The quantitative estimate of drug-likeness (QED) is 0.572. The number of carbonyl (C=O) groups excluding carboxylic acids is 3. The molecule has 0 saturated heterocycles. The van der Waals surface area contributed by atoms with Gasteiger partial charge in [-0.15, -0.1) is 0 Å². The summed E-state index contributed by atoms with van der Waals surface area (Å²) in [7, 11) is 3.78. The maximum atomic E-state index is 10.7. The Hall–Kier alpha value is -1.97. The Balaban J connectivity index is -0.000000141. The first-order valence-corrected chi connectivity index (χ1v) is 5.27. The molecule has 0 radical (unpaired) electrons. The molecule has 0 fully saturated rings. The summed E-state index contributed by atoms with van der Waals surface area (Å²) in [6, 6.07) is 0. The second kappa shape index (κ2) is 20.4. The summed E-state index contributed by atoms with van der Waals surface area (Å²) in [4.78, 5) is 28.6. The predicted molar refractivity (Wildman–Crippen MR) is 77.4 cm³/mol. The van der Waals surface area contributed by atoms with E-state index >= 15 is 0 Å². The molecule has 0 bridgehead atoms. The first kappa shape index (κ1) is 25.0. The van der Waals surface area contributed by atoms with E-state index in [9.17, 15) is 4.79 Å². The molecule has 0 aliphatic carbocycles. The van der Waals surface area contributed by atoms with Crippen LogP contribution in [0.5, 0.6) is 0 Å². The van der Waals surface area contributed by atoms with E-state index in [-0.39, 0.29) is 5.78 Å². The fourth-order valence-corrected chi connectivity index (χ4v) is 0.463. The second-order valence-electron chi connectivity index (χ2n) is 2.80. The van der Waals surface area contributed by atoms with Crippen molar-refractivity contribution in [3.05, 3.63) is 36.6 Å². The van der Waals surface area contributed by atoms with Crippen LogP contribution in [0.2, 0.25) is 0 Å². The minimum Gasteiger partial charge on any atom is -0.378 e. The third-order valence-corrected chi connectivity index (χ3v) is 1.50. The topological polar surface area (TPSA) is 54.5 Å². The van der Waals surface area contributed by atoms with Gasteiger partial charge in [-0.2, -0.15) is 0 Å². The number of hydrogen-bond acceptors (Lipinski definition) is 4. The molecule has 0 aromatic carbocycles. The van der Waals surface area contributed by atoms with Crippen molar-refractivity contribution < 1.29 is 14.4 Å². The van der Waals surface area contributed by atoms with Crippen molar-refractivity contribution in [1.29, 1.82) is 0 Å². The summed E-state index contributed by atoms with van der Waals surface area (Å²) >= 11 is 0. The summed E-state index contributed by atoms with van der Waals surface area (Å²) in [6.45, 7) is 16.9. The van der Waals surface area contributed by atoms with Crippen LogP contribution in [0.25, 0.3) is 0 Å². The van der Waals surface area contributed by atoms with Crippen LogP contribution in [0.3, 0.4) is 0 Å². The van der Waals surface area contributed by atoms with Crippen LogP contribution in [0.15, 0.2) is 36.6 Å². The van der Waals surface area contributed by atoms with Gasteiger partial charge in [0.1, 0.15) is 13.6 Å². The predicted octanol–water partition coefficient (Wildman–Crippen LogP) is 2.42. The van der Waals surface area contributed by atoms with Gasteiger partial charge in [-0.1, -0.05) is 27.0 Å². The van der Waals surface area contributed by atoms with E-state index in [1.54, 1.807) is 12.2 Å². The largest absolute Gasteiger partial charge is 0.378 e. The van der Waals surface area contributed by atoms with E-state index in [1.165, 1.54) is 6.92 Å². The van der Waals surface area contributed by atoms with Gasteiger partial charge in [-0.05, 0) is 19.1 Å². The van der Waals surface area contributed by atoms with Gasteiger partial charge in [0.2, 0.25) is 0 Å². The van der Waals surface area contributed by atoms with E-state index in [0.717, 1.165) is 5.70 Å². The number of likely N-dealkylation sites (N-methyl/N-ethyl adjacent to an activating group) is 1. The van der Waals surface area contributed by atoms with Gasteiger partial charge in [0, 0.05) is 25.4 Å². The standard InChI is InChI=1S/C10H15NO.C2H6.2CH2O/c1-8(10(3)12)6-7-9(2)11(4)5;3*1-2/h6-7H,1-2H2,3-5H3;1-2H3;2*1H2/b7-6-;;;. The molecule has 0 aliphatic rings. The van der Waals surface area contributed by atoms with Crippen molar-refractivity contribution in [3.63, 3.8) is 0 Å². The zero-order chi connectivity index (χ0) is 15.7. The van der Waals surface area contributed by atoms with Crippen molar-refractivity contribution >= 4 is 19.4 Å². The average molecular weight is 255 g/mol. The Labute approximate surface area is 111 Å². The molecule has 0 spiro atoms. The Morgan fingerprint density at radius 1 is 0.944 bits per heavy atom. The third-order valence-electron chi connectivity index (χ3n) is 1.50. The van der Waals surface area contributed by atoms with E-state index < -0.39 is 0 Å². The maximum absolute atomic E-state index is 10.7. The van der Waals surface area contributed by atoms with Gasteiger partial charge in [0.05, 0.1) is 0 Å². The van der Waals surface area contributed by atoms with Crippen molar-refractivity contribution in [1.82, 2.24) is 4.90 Å². The fraction of sp³-hybridized carbons (Fsp3) is 0.357. The summed E-state index contributed by atoms with van der Waals surface area (Å²) in [5, 5.41) is 0. The van der Waals surface area contributed by atoms with E-state index in [2.05, 4.69) is 13.2 Å². The average Bonchev–Trinajstić information content (AvgIpc) is 2.42. The molecule has 0 N–H and O–H groups in total. The van der Waals surface area contributed by atoms with Crippen LogP contribution in [0.4, 0.5) is 0 Å². The van der Waals surface area contributed by atoms with E-state index in [4.69, 9.17) is 9.59 Å². The zero-order valence-corrected chi connectivity index (χ0v) is 12.2. The van der Waals surface area contributed by atoms with E-state index in [1.807, 2.05) is 46.4 Å². The zero-order valence-electron chi connectivity index (χ0n) is 12.2. The molecule has 0 heterocycles. The van der Waals surface area contributed by atoms with Crippen molar-refractivity contribution in [3.8, 4) is 0 Å². The Morgan fingerprint density at radius 3 is 1.50 bits per heavy atom. The summed E-state index contributed by atoms with van der Waals surface area (Å²) in [6.07, 6.45) is 3.44. The number of carbonyl (C=O) groups is 3. The SMILES string of the molecule is C=C(/C=C\C(=C)N(C)C)C(C)=O.C=O.C=O.CC. The first-order valence-electron chi connectivity index (χ1n) is 5.27. The lowest BCUT2D eigenvalue weighted by Gasteiger charge is -2.10. The van der Waals surface area contributed by atoms with Crippen LogP contribution in [-0.2, 0) is 14.4 Å². The fourth-order valence-electron chi connectivity index (χ4n) is 0.463. The lowest BCUT2D eigenvalue weighted by Crippen LogP contribution is -2.07.